The molecule has 10 heteroatoms. The fraction of sp³-hybridized carbons (Fsp3) is 0.593. The van der Waals surface area contributed by atoms with Gasteiger partial charge in [0.25, 0.3) is 5.91 Å². The molecule has 10 nitrogen and oxygen atoms in total. The highest BCUT2D eigenvalue weighted by Crippen LogP contribution is 2.25. The van der Waals surface area contributed by atoms with Gasteiger partial charge in [-0.1, -0.05) is 38.0 Å². The highest BCUT2D eigenvalue weighted by atomic mass is 16.4. The number of hydrogen-bond acceptors (Lipinski definition) is 6. The van der Waals surface area contributed by atoms with Crippen LogP contribution < -0.4 is 10.6 Å². The Bertz CT molecular complexity index is 877. The molecule has 37 heavy (non-hydrogen) atoms. The summed E-state index contributed by atoms with van der Waals surface area (Å²) in [6, 6.07) is 8.60. The smallest absolute Gasteiger partial charge is 0.304 e. The van der Waals surface area contributed by atoms with E-state index in [2.05, 4.69) is 10.6 Å². The Morgan fingerprint density at radius 2 is 1.73 bits per heavy atom. The molecule has 3 rings (SSSR count). The number of amides is 3. The molecular weight excluding hydrogens is 476 g/mol. The minimum Gasteiger partial charge on any atom is -0.481 e. The molecule has 2 fully saturated rings. The Labute approximate surface area is 219 Å². The molecule has 206 valence electrons. The van der Waals surface area contributed by atoms with Crippen LogP contribution >= 0.6 is 0 Å². The zero-order valence-corrected chi connectivity index (χ0v) is 22.4. The molecule has 2 aliphatic heterocycles. The van der Waals surface area contributed by atoms with Crippen molar-refractivity contribution in [1.29, 1.82) is 0 Å². The Hall–Kier alpha value is -3.27. The highest BCUT2D eigenvalue weighted by Gasteiger charge is 2.40. The van der Waals surface area contributed by atoms with E-state index in [1.54, 1.807) is 26.1 Å². The molecule has 0 aliphatic carbocycles. The first kappa shape index (κ1) is 31.8. The Morgan fingerprint density at radius 1 is 1.11 bits per heavy atom. The zero-order chi connectivity index (χ0) is 28.0. The first-order valence-corrected chi connectivity index (χ1v) is 12.8. The molecule has 1 aromatic rings. The lowest BCUT2D eigenvalue weighted by Gasteiger charge is -2.47. The van der Waals surface area contributed by atoms with E-state index >= 15 is 0 Å². The highest BCUT2D eigenvalue weighted by molar-refractivity contribution is 5.97. The van der Waals surface area contributed by atoms with Gasteiger partial charge in [0.15, 0.2) is 0 Å². The molecule has 2 heterocycles. The standard InChI is InChI=1S/C20H27N3O3.C6H13NO2.CH2O/c1-14-12-22(15(2)24)13-17-10-6-7-11-18(20(26)23(14)17)21-19(25)16-8-4-3-5-9-16;1-3-5(7-2)4-6(8)9;1-2/h3-5,8-9,14,17-18H,6-7,10-13H2,1-2H3,(H,21,25);5,7H,3-4H2,1-2H3,(H,8,9);1H2. The maximum absolute atomic E-state index is 13.2. The number of aliphatic carboxylic acids is 1. The number of nitrogens with zero attached hydrogens (tertiary/aromatic N) is 2. The van der Waals surface area contributed by atoms with Crippen LogP contribution in [0.25, 0.3) is 0 Å². The molecule has 0 saturated carbocycles. The van der Waals surface area contributed by atoms with E-state index in [9.17, 15) is 19.2 Å². The van der Waals surface area contributed by atoms with Crippen molar-refractivity contribution in [1.82, 2.24) is 20.4 Å². The lowest BCUT2D eigenvalue weighted by atomic mass is 9.94. The monoisotopic (exact) mass is 518 g/mol. The Morgan fingerprint density at radius 3 is 2.24 bits per heavy atom. The van der Waals surface area contributed by atoms with E-state index in [4.69, 9.17) is 9.90 Å². The summed E-state index contributed by atoms with van der Waals surface area (Å²) >= 11 is 0. The molecule has 4 unspecified atom stereocenters. The molecule has 0 aromatic heterocycles. The van der Waals surface area contributed by atoms with E-state index in [1.165, 1.54) is 0 Å². The lowest BCUT2D eigenvalue weighted by molar-refractivity contribution is -0.148. The lowest BCUT2D eigenvalue weighted by Crippen LogP contribution is -2.64. The number of hydrogen-bond donors (Lipinski definition) is 3. The van der Waals surface area contributed by atoms with Gasteiger partial charge in [0.1, 0.15) is 12.8 Å². The number of piperazine rings is 1. The van der Waals surface area contributed by atoms with E-state index in [0.29, 0.717) is 25.1 Å². The van der Waals surface area contributed by atoms with Crippen LogP contribution in [0.15, 0.2) is 30.3 Å². The molecule has 0 bridgehead atoms. The Kier molecular flexibility index (Phi) is 14.1. The van der Waals surface area contributed by atoms with Crippen molar-refractivity contribution >= 4 is 30.5 Å². The minimum atomic E-state index is -0.740. The van der Waals surface area contributed by atoms with Gasteiger partial charge in [0.05, 0.1) is 6.42 Å². The van der Waals surface area contributed by atoms with Crippen molar-refractivity contribution in [3.05, 3.63) is 35.9 Å². The summed E-state index contributed by atoms with van der Waals surface area (Å²) in [5.74, 6) is -0.915. The topological polar surface area (TPSA) is 136 Å². The van der Waals surface area contributed by atoms with Crippen molar-refractivity contribution in [2.75, 3.05) is 20.1 Å². The van der Waals surface area contributed by atoms with Crippen LogP contribution in [0.1, 0.15) is 69.7 Å². The number of rotatable bonds is 6. The summed E-state index contributed by atoms with van der Waals surface area (Å²) in [6.45, 7) is 8.67. The van der Waals surface area contributed by atoms with Crippen LogP contribution in [-0.2, 0) is 19.2 Å². The second-order valence-electron chi connectivity index (χ2n) is 9.34. The van der Waals surface area contributed by atoms with Gasteiger partial charge in [-0.2, -0.15) is 0 Å². The van der Waals surface area contributed by atoms with Crippen molar-refractivity contribution in [2.24, 2.45) is 0 Å². The molecule has 0 spiro atoms. The minimum absolute atomic E-state index is 0.0188. The van der Waals surface area contributed by atoms with Crippen LogP contribution in [0.4, 0.5) is 0 Å². The predicted molar refractivity (Wildman–Crippen MR) is 141 cm³/mol. The molecule has 0 radical (unpaired) electrons. The van der Waals surface area contributed by atoms with E-state index in [0.717, 1.165) is 25.7 Å². The second-order valence-corrected chi connectivity index (χ2v) is 9.34. The summed E-state index contributed by atoms with van der Waals surface area (Å²) in [5.41, 5.74) is 0.563. The quantitative estimate of drug-likeness (QED) is 0.525. The van der Waals surface area contributed by atoms with Gasteiger partial charge in [0.2, 0.25) is 11.8 Å². The number of benzene rings is 1. The van der Waals surface area contributed by atoms with Crippen LogP contribution in [-0.4, -0.2) is 89.7 Å². The summed E-state index contributed by atoms with van der Waals surface area (Å²) in [5, 5.41) is 14.1. The zero-order valence-electron chi connectivity index (χ0n) is 22.4. The summed E-state index contributed by atoms with van der Waals surface area (Å²) in [6.07, 6.45) is 4.52. The van der Waals surface area contributed by atoms with Crippen LogP contribution in [0.2, 0.25) is 0 Å². The van der Waals surface area contributed by atoms with Crippen LogP contribution in [0, 0.1) is 0 Å². The second kappa shape index (κ2) is 16.5. The third kappa shape index (κ3) is 9.95. The molecule has 1 aromatic carbocycles. The maximum atomic E-state index is 13.2. The van der Waals surface area contributed by atoms with Crippen LogP contribution in [0.3, 0.4) is 0 Å². The van der Waals surface area contributed by atoms with E-state index in [1.807, 2.05) is 48.6 Å². The van der Waals surface area contributed by atoms with Gasteiger partial charge in [-0.25, -0.2) is 0 Å². The number of carboxylic acid groups (broad SMARTS) is 1. The first-order chi connectivity index (χ1) is 17.7. The maximum Gasteiger partial charge on any atom is 0.304 e. The average molecular weight is 519 g/mol. The fourth-order valence-electron chi connectivity index (χ4n) is 4.73. The number of nitrogens with one attached hydrogen (secondary N) is 2. The third-order valence-electron chi connectivity index (χ3n) is 6.73. The summed E-state index contributed by atoms with van der Waals surface area (Å²) in [4.78, 5) is 59.3. The normalized spacial score (nSPS) is 21.9. The van der Waals surface area contributed by atoms with Crippen molar-refractivity contribution in [2.45, 2.75) is 83.5 Å². The van der Waals surface area contributed by atoms with E-state index in [-0.39, 0.29) is 42.3 Å². The summed E-state index contributed by atoms with van der Waals surface area (Å²) in [7, 11) is 1.77. The van der Waals surface area contributed by atoms with Gasteiger partial charge in [0, 0.05) is 43.7 Å². The van der Waals surface area contributed by atoms with Gasteiger partial charge in [-0.3, -0.25) is 19.2 Å². The fourth-order valence-corrected chi connectivity index (χ4v) is 4.73. The number of fused-ring (bicyclic) bond motifs is 1. The first-order valence-electron chi connectivity index (χ1n) is 12.8. The number of carbonyl (C=O) groups excluding carboxylic acids is 4. The summed E-state index contributed by atoms with van der Waals surface area (Å²) < 4.78 is 0. The molecule has 3 N–H and O–H groups in total. The molecule has 2 saturated heterocycles. The van der Waals surface area contributed by atoms with Crippen molar-refractivity contribution in [3.8, 4) is 0 Å². The Balaban J connectivity index is 0.000000529. The predicted octanol–water partition coefficient (Wildman–Crippen LogP) is 2.08. The van der Waals surface area contributed by atoms with E-state index < -0.39 is 12.0 Å². The molecule has 4 atom stereocenters. The molecule has 3 amide bonds. The SMILES string of the molecule is C=O.CC(=O)N1CC(C)N2C(=O)C(NC(=O)c3ccccc3)CCCCC2C1.CCC(CC(=O)O)NC. The van der Waals surface area contributed by atoms with Gasteiger partial charge >= 0.3 is 5.97 Å². The van der Waals surface area contributed by atoms with Crippen molar-refractivity contribution < 1.29 is 29.1 Å². The average Bonchev–Trinajstić information content (AvgIpc) is 2.89. The molecule has 2 aliphatic rings. The van der Waals surface area contributed by atoms with Gasteiger partial charge in [-0.15, -0.1) is 0 Å². The van der Waals surface area contributed by atoms with Gasteiger partial charge in [-0.05, 0) is 45.4 Å². The van der Waals surface area contributed by atoms with Gasteiger partial charge < -0.3 is 30.3 Å². The number of carboxylic acids is 1. The largest absolute Gasteiger partial charge is 0.481 e. The number of carbonyl (C=O) groups is 5. The molecular formula is C27H42N4O6. The third-order valence-corrected chi connectivity index (χ3v) is 6.73. The van der Waals surface area contributed by atoms with Crippen molar-refractivity contribution in [3.63, 3.8) is 0 Å². The van der Waals surface area contributed by atoms with Crippen LogP contribution in [0.5, 0.6) is 0 Å².